The highest BCUT2D eigenvalue weighted by Crippen LogP contribution is 2.32. The van der Waals surface area contributed by atoms with Crippen LogP contribution in [-0.2, 0) is 9.84 Å². The van der Waals surface area contributed by atoms with E-state index >= 15 is 0 Å². The molecule has 2 aromatic heterocycles. The standard InChI is InChI=1S/C24H32N2O3S.ClH/c1-18(2)22-17-19-9-6-7-15-26(19)23(22)30(27,28)21-12-10-20(11-13-21)29-16-8-14-25-24(3,4)5;/h6-7,9-13,15,17-18,25H,8,14,16H2,1-5H3;1H. The molecular formula is C24H33ClN2O3S. The van der Waals surface area contributed by atoms with Crippen LogP contribution in [0.1, 0.15) is 52.5 Å². The second-order valence-corrected chi connectivity index (χ2v) is 10.8. The fourth-order valence-corrected chi connectivity index (χ4v) is 5.12. The lowest BCUT2D eigenvalue weighted by atomic mass is 10.1. The predicted octanol–water partition coefficient (Wildman–Crippen LogP) is 5.47. The van der Waals surface area contributed by atoms with Gasteiger partial charge >= 0.3 is 0 Å². The van der Waals surface area contributed by atoms with Gasteiger partial charge in [0.05, 0.1) is 11.5 Å². The van der Waals surface area contributed by atoms with E-state index in [0.29, 0.717) is 17.4 Å². The Morgan fingerprint density at radius 3 is 2.35 bits per heavy atom. The van der Waals surface area contributed by atoms with Crippen LogP contribution in [0, 0.1) is 0 Å². The first-order valence-electron chi connectivity index (χ1n) is 10.4. The van der Waals surface area contributed by atoms with E-state index in [-0.39, 0.29) is 28.8 Å². The molecule has 5 nitrogen and oxygen atoms in total. The fourth-order valence-electron chi connectivity index (χ4n) is 3.37. The number of aromatic nitrogens is 1. The third-order valence-corrected chi connectivity index (χ3v) is 6.75. The number of halogens is 1. The van der Waals surface area contributed by atoms with E-state index < -0.39 is 9.84 Å². The van der Waals surface area contributed by atoms with Gasteiger partial charge in [-0.25, -0.2) is 8.42 Å². The molecule has 3 rings (SSSR count). The van der Waals surface area contributed by atoms with Gasteiger partial charge in [0.25, 0.3) is 0 Å². The largest absolute Gasteiger partial charge is 0.494 e. The second kappa shape index (κ2) is 10.1. The second-order valence-electron chi connectivity index (χ2n) is 8.91. The molecule has 0 fully saturated rings. The molecule has 0 bridgehead atoms. The van der Waals surface area contributed by atoms with E-state index in [9.17, 15) is 8.42 Å². The smallest absolute Gasteiger partial charge is 0.222 e. The van der Waals surface area contributed by atoms with Gasteiger partial charge in [-0.3, -0.25) is 0 Å². The minimum Gasteiger partial charge on any atom is -0.494 e. The van der Waals surface area contributed by atoms with Crippen molar-refractivity contribution in [2.75, 3.05) is 13.2 Å². The summed E-state index contributed by atoms with van der Waals surface area (Å²) in [6, 6.07) is 14.4. The first kappa shape index (κ1) is 25.2. The number of nitrogens with one attached hydrogen (secondary N) is 1. The molecule has 0 unspecified atom stereocenters. The minimum atomic E-state index is -3.66. The molecule has 0 aliphatic carbocycles. The van der Waals surface area contributed by atoms with Crippen molar-refractivity contribution in [1.82, 2.24) is 9.72 Å². The molecule has 0 amide bonds. The zero-order valence-electron chi connectivity index (χ0n) is 18.9. The maximum atomic E-state index is 13.5. The van der Waals surface area contributed by atoms with E-state index in [4.69, 9.17) is 4.74 Å². The van der Waals surface area contributed by atoms with Crippen molar-refractivity contribution in [1.29, 1.82) is 0 Å². The van der Waals surface area contributed by atoms with E-state index in [2.05, 4.69) is 26.1 Å². The zero-order valence-corrected chi connectivity index (χ0v) is 20.5. The Labute approximate surface area is 192 Å². The summed E-state index contributed by atoms with van der Waals surface area (Å²) < 4.78 is 34.5. The van der Waals surface area contributed by atoms with Crippen molar-refractivity contribution < 1.29 is 13.2 Å². The molecule has 2 heterocycles. The summed E-state index contributed by atoms with van der Waals surface area (Å²) in [5.41, 5.74) is 1.80. The van der Waals surface area contributed by atoms with Gasteiger partial charge in [0.2, 0.25) is 9.84 Å². The molecule has 0 aliphatic rings. The number of fused-ring (bicyclic) bond motifs is 1. The Balaban J connectivity index is 0.00000341. The lowest BCUT2D eigenvalue weighted by Gasteiger charge is -2.20. The molecular weight excluding hydrogens is 432 g/mol. The van der Waals surface area contributed by atoms with Crippen LogP contribution in [0.5, 0.6) is 5.75 Å². The van der Waals surface area contributed by atoms with Crippen LogP contribution in [0.15, 0.2) is 64.6 Å². The highest BCUT2D eigenvalue weighted by atomic mass is 35.5. The van der Waals surface area contributed by atoms with Crippen LogP contribution in [-0.4, -0.2) is 31.5 Å². The van der Waals surface area contributed by atoms with Crippen molar-refractivity contribution in [3.8, 4) is 5.75 Å². The molecule has 0 saturated carbocycles. The molecule has 0 aliphatic heterocycles. The van der Waals surface area contributed by atoms with Crippen LogP contribution < -0.4 is 10.1 Å². The average Bonchev–Trinajstić information content (AvgIpc) is 3.08. The first-order chi connectivity index (χ1) is 14.1. The molecule has 1 N–H and O–H groups in total. The highest BCUT2D eigenvalue weighted by molar-refractivity contribution is 7.91. The number of benzene rings is 1. The van der Waals surface area contributed by atoms with E-state index in [0.717, 1.165) is 24.0 Å². The minimum absolute atomic E-state index is 0. The number of ether oxygens (including phenoxy) is 1. The summed E-state index contributed by atoms with van der Waals surface area (Å²) in [6.45, 7) is 11.9. The Morgan fingerprint density at radius 1 is 1.06 bits per heavy atom. The molecule has 0 saturated heterocycles. The topological polar surface area (TPSA) is 59.8 Å². The maximum Gasteiger partial charge on any atom is 0.222 e. The Bertz CT molecular complexity index is 1100. The van der Waals surface area contributed by atoms with E-state index in [1.54, 1.807) is 34.9 Å². The molecule has 1 aromatic carbocycles. The van der Waals surface area contributed by atoms with Gasteiger partial charge in [-0.05, 0) is 87.7 Å². The third-order valence-electron chi connectivity index (χ3n) is 4.92. The number of sulfone groups is 1. The SMILES string of the molecule is CC(C)c1cc2ccccn2c1S(=O)(=O)c1ccc(OCCCNC(C)(C)C)cc1.Cl. The van der Waals surface area contributed by atoms with Gasteiger partial charge in [-0.15, -0.1) is 12.4 Å². The van der Waals surface area contributed by atoms with E-state index in [1.165, 1.54) is 0 Å². The summed E-state index contributed by atoms with van der Waals surface area (Å²) in [7, 11) is -3.66. The monoisotopic (exact) mass is 464 g/mol. The van der Waals surface area contributed by atoms with Gasteiger partial charge in [-0.2, -0.15) is 0 Å². The number of hydrogen-bond donors (Lipinski definition) is 1. The molecule has 0 spiro atoms. The predicted molar refractivity (Wildman–Crippen MR) is 128 cm³/mol. The molecule has 7 heteroatoms. The van der Waals surface area contributed by atoms with E-state index in [1.807, 2.05) is 38.1 Å². The van der Waals surface area contributed by atoms with Gasteiger partial charge in [-0.1, -0.05) is 19.9 Å². The van der Waals surface area contributed by atoms with Crippen LogP contribution in [0.3, 0.4) is 0 Å². The number of hydrogen-bond acceptors (Lipinski definition) is 4. The summed E-state index contributed by atoms with van der Waals surface area (Å²) >= 11 is 0. The van der Waals surface area contributed by atoms with Crippen molar-refractivity contribution in [3.05, 3.63) is 60.3 Å². The van der Waals surface area contributed by atoms with Crippen molar-refractivity contribution in [3.63, 3.8) is 0 Å². The third kappa shape index (κ3) is 6.03. The lowest BCUT2D eigenvalue weighted by Crippen LogP contribution is -2.36. The van der Waals surface area contributed by atoms with Crippen LogP contribution in [0.4, 0.5) is 0 Å². The van der Waals surface area contributed by atoms with Crippen molar-refractivity contribution in [2.45, 2.75) is 62.4 Å². The zero-order chi connectivity index (χ0) is 21.9. The number of rotatable bonds is 8. The molecule has 170 valence electrons. The van der Waals surface area contributed by atoms with Gasteiger partial charge in [0.1, 0.15) is 10.8 Å². The van der Waals surface area contributed by atoms with Gasteiger partial charge in [0, 0.05) is 17.3 Å². The number of nitrogens with zero attached hydrogens (tertiary/aromatic N) is 1. The summed E-state index contributed by atoms with van der Waals surface area (Å²) in [4.78, 5) is 0.273. The maximum absolute atomic E-state index is 13.5. The molecule has 0 radical (unpaired) electrons. The normalized spacial score (nSPS) is 12.2. The highest BCUT2D eigenvalue weighted by Gasteiger charge is 2.27. The Hall–Kier alpha value is -2.02. The lowest BCUT2D eigenvalue weighted by molar-refractivity contribution is 0.298. The summed E-state index contributed by atoms with van der Waals surface area (Å²) in [5.74, 6) is 0.771. The number of pyridine rings is 1. The van der Waals surface area contributed by atoms with Crippen LogP contribution >= 0.6 is 12.4 Å². The first-order valence-corrected chi connectivity index (χ1v) is 11.9. The van der Waals surface area contributed by atoms with Gasteiger partial charge < -0.3 is 14.5 Å². The van der Waals surface area contributed by atoms with Crippen molar-refractivity contribution >= 4 is 27.8 Å². The Kier molecular flexibility index (Phi) is 8.20. The van der Waals surface area contributed by atoms with Crippen LogP contribution in [0.2, 0.25) is 0 Å². The average molecular weight is 465 g/mol. The quantitative estimate of drug-likeness (QED) is 0.449. The van der Waals surface area contributed by atoms with Crippen LogP contribution in [0.25, 0.3) is 5.52 Å². The van der Waals surface area contributed by atoms with Crippen molar-refractivity contribution in [2.24, 2.45) is 0 Å². The molecule has 0 atom stereocenters. The molecule has 3 aromatic rings. The molecule has 31 heavy (non-hydrogen) atoms. The fraction of sp³-hybridized carbons (Fsp3) is 0.417. The summed E-state index contributed by atoms with van der Waals surface area (Å²) in [6.07, 6.45) is 2.68. The summed E-state index contributed by atoms with van der Waals surface area (Å²) in [5, 5.41) is 3.76. The Morgan fingerprint density at radius 2 is 1.74 bits per heavy atom. The van der Waals surface area contributed by atoms with Gasteiger partial charge in [0.15, 0.2) is 0 Å².